The number of hydrogen-bond donors (Lipinski definition) is 2. The van der Waals surface area contributed by atoms with Crippen LogP contribution in [0.25, 0.3) is 0 Å². The summed E-state index contributed by atoms with van der Waals surface area (Å²) in [4.78, 5) is 12.5. The molecule has 2 aromatic carbocycles. The van der Waals surface area contributed by atoms with E-state index >= 15 is 0 Å². The summed E-state index contributed by atoms with van der Waals surface area (Å²) in [5.74, 6) is 1.36. The number of thiocarbonyl (C=S) groups is 1. The van der Waals surface area contributed by atoms with E-state index in [2.05, 4.69) is 10.6 Å². The van der Waals surface area contributed by atoms with E-state index in [0.717, 1.165) is 5.56 Å². The molecule has 2 aromatic rings. The van der Waals surface area contributed by atoms with E-state index in [0.29, 0.717) is 28.5 Å². The van der Waals surface area contributed by atoms with Gasteiger partial charge in [0.15, 0.2) is 5.11 Å². The average Bonchev–Trinajstić information content (AvgIpc) is 2.61. The molecule has 25 heavy (non-hydrogen) atoms. The number of benzene rings is 2. The van der Waals surface area contributed by atoms with Gasteiger partial charge < -0.3 is 19.5 Å². The zero-order chi connectivity index (χ0) is 18.4. The number of carbonyl (C=O) groups excluding carboxylic acids is 1. The minimum absolute atomic E-state index is 0.150. The molecule has 132 valence electrons. The summed E-state index contributed by atoms with van der Waals surface area (Å²) in [5.41, 5.74) is 1.89. The molecule has 2 N–H and O–H groups in total. The number of hydrogen-bond acceptors (Lipinski definition) is 5. The van der Waals surface area contributed by atoms with Crippen LogP contribution in [-0.2, 0) is 0 Å². The highest BCUT2D eigenvalue weighted by Crippen LogP contribution is 2.29. The summed E-state index contributed by atoms with van der Waals surface area (Å²) in [5, 5.41) is 5.73. The Balaban J connectivity index is 2.13. The third-order valence-corrected chi connectivity index (χ3v) is 3.75. The summed E-state index contributed by atoms with van der Waals surface area (Å²) < 4.78 is 15.7. The van der Waals surface area contributed by atoms with Gasteiger partial charge in [0.25, 0.3) is 5.91 Å². The smallest absolute Gasteiger partial charge is 0.261 e. The number of para-hydroxylation sites is 1. The predicted molar refractivity (Wildman–Crippen MR) is 101 cm³/mol. The minimum atomic E-state index is -0.356. The molecule has 1 amide bonds. The van der Waals surface area contributed by atoms with E-state index in [1.807, 2.05) is 13.0 Å². The molecule has 0 saturated carbocycles. The summed E-state index contributed by atoms with van der Waals surface area (Å²) >= 11 is 5.22. The SMILES string of the molecule is COc1ccc(NC(=S)NC(=O)c2cccc(C)c2OC)c(OC)c1. The molecule has 0 aliphatic heterocycles. The number of rotatable bonds is 5. The fourth-order valence-corrected chi connectivity index (χ4v) is 2.53. The van der Waals surface area contributed by atoms with Crippen molar-refractivity contribution >= 4 is 28.9 Å². The van der Waals surface area contributed by atoms with Crippen LogP contribution in [0.3, 0.4) is 0 Å². The lowest BCUT2D eigenvalue weighted by molar-refractivity contribution is 0.0974. The maximum atomic E-state index is 12.5. The fraction of sp³-hybridized carbons (Fsp3) is 0.222. The monoisotopic (exact) mass is 360 g/mol. The van der Waals surface area contributed by atoms with Crippen molar-refractivity contribution in [1.82, 2.24) is 5.32 Å². The molecule has 0 spiro atoms. The van der Waals surface area contributed by atoms with E-state index in [1.54, 1.807) is 44.6 Å². The Kier molecular flexibility index (Phi) is 6.19. The third kappa shape index (κ3) is 4.39. The van der Waals surface area contributed by atoms with E-state index in [9.17, 15) is 4.79 Å². The molecule has 0 bridgehead atoms. The Labute approximate surface area is 152 Å². The van der Waals surface area contributed by atoms with Crippen LogP contribution in [0, 0.1) is 6.92 Å². The first-order valence-corrected chi connectivity index (χ1v) is 7.89. The fourth-order valence-electron chi connectivity index (χ4n) is 2.33. The van der Waals surface area contributed by atoms with Crippen LogP contribution < -0.4 is 24.8 Å². The van der Waals surface area contributed by atoms with Crippen molar-refractivity contribution < 1.29 is 19.0 Å². The first kappa shape index (κ1) is 18.5. The largest absolute Gasteiger partial charge is 0.497 e. The van der Waals surface area contributed by atoms with Crippen LogP contribution >= 0.6 is 12.2 Å². The zero-order valence-corrected chi connectivity index (χ0v) is 15.3. The van der Waals surface area contributed by atoms with Crippen LogP contribution in [0.15, 0.2) is 36.4 Å². The highest BCUT2D eigenvalue weighted by Gasteiger charge is 2.16. The summed E-state index contributed by atoms with van der Waals surface area (Å²) in [6, 6.07) is 10.6. The van der Waals surface area contributed by atoms with Crippen LogP contribution in [-0.4, -0.2) is 32.3 Å². The molecule has 7 heteroatoms. The number of carbonyl (C=O) groups is 1. The lowest BCUT2D eigenvalue weighted by Gasteiger charge is -2.15. The van der Waals surface area contributed by atoms with Gasteiger partial charge >= 0.3 is 0 Å². The Morgan fingerprint density at radius 2 is 1.80 bits per heavy atom. The molecular formula is C18H20N2O4S. The lowest BCUT2D eigenvalue weighted by atomic mass is 10.1. The molecule has 0 aromatic heterocycles. The Morgan fingerprint density at radius 3 is 2.44 bits per heavy atom. The van der Waals surface area contributed by atoms with Gasteiger partial charge in [-0.1, -0.05) is 12.1 Å². The van der Waals surface area contributed by atoms with Crippen molar-refractivity contribution in [2.24, 2.45) is 0 Å². The predicted octanol–water partition coefficient (Wildman–Crippen LogP) is 3.15. The Morgan fingerprint density at radius 1 is 1.04 bits per heavy atom. The molecule has 0 heterocycles. The van der Waals surface area contributed by atoms with Gasteiger partial charge in [0, 0.05) is 6.07 Å². The van der Waals surface area contributed by atoms with Gasteiger partial charge in [0.2, 0.25) is 0 Å². The molecule has 0 atom stereocenters. The number of ether oxygens (including phenoxy) is 3. The number of aryl methyl sites for hydroxylation is 1. The second kappa shape index (κ2) is 8.34. The van der Waals surface area contributed by atoms with Crippen molar-refractivity contribution in [3.05, 3.63) is 47.5 Å². The average molecular weight is 360 g/mol. The Bertz CT molecular complexity index is 793. The van der Waals surface area contributed by atoms with Crippen molar-refractivity contribution in [3.63, 3.8) is 0 Å². The zero-order valence-electron chi connectivity index (χ0n) is 14.5. The summed E-state index contributed by atoms with van der Waals surface area (Å²) in [7, 11) is 4.64. The maximum Gasteiger partial charge on any atom is 0.261 e. The summed E-state index contributed by atoms with van der Waals surface area (Å²) in [6.45, 7) is 1.87. The van der Waals surface area contributed by atoms with E-state index in [4.69, 9.17) is 26.4 Å². The van der Waals surface area contributed by atoms with Crippen molar-refractivity contribution in [2.45, 2.75) is 6.92 Å². The van der Waals surface area contributed by atoms with Gasteiger partial charge in [-0.25, -0.2) is 0 Å². The van der Waals surface area contributed by atoms with Gasteiger partial charge in [-0.15, -0.1) is 0 Å². The number of amides is 1. The first-order chi connectivity index (χ1) is 12.0. The van der Waals surface area contributed by atoms with Crippen molar-refractivity contribution in [3.8, 4) is 17.2 Å². The third-order valence-electron chi connectivity index (χ3n) is 3.54. The number of methoxy groups -OCH3 is 3. The van der Waals surface area contributed by atoms with Gasteiger partial charge in [-0.2, -0.15) is 0 Å². The minimum Gasteiger partial charge on any atom is -0.497 e. The second-order valence-corrected chi connectivity index (χ2v) is 5.54. The molecule has 0 unspecified atom stereocenters. The standard InChI is InChI=1S/C18H20N2O4S/c1-11-6-5-7-13(16(11)24-4)17(21)20-18(25)19-14-9-8-12(22-2)10-15(14)23-3/h5-10H,1-4H3,(H2,19,20,21,25). The molecule has 0 radical (unpaired) electrons. The molecule has 0 saturated heterocycles. The highest BCUT2D eigenvalue weighted by molar-refractivity contribution is 7.80. The number of anilines is 1. The topological polar surface area (TPSA) is 68.8 Å². The normalized spacial score (nSPS) is 9.92. The second-order valence-electron chi connectivity index (χ2n) is 5.13. The highest BCUT2D eigenvalue weighted by atomic mass is 32.1. The van der Waals surface area contributed by atoms with Crippen molar-refractivity contribution in [2.75, 3.05) is 26.6 Å². The van der Waals surface area contributed by atoms with Gasteiger partial charge in [0.05, 0.1) is 32.6 Å². The van der Waals surface area contributed by atoms with E-state index in [1.165, 1.54) is 7.11 Å². The molecule has 6 nitrogen and oxygen atoms in total. The van der Waals surface area contributed by atoms with Crippen molar-refractivity contribution in [1.29, 1.82) is 0 Å². The summed E-state index contributed by atoms with van der Waals surface area (Å²) in [6.07, 6.45) is 0. The Hall–Kier alpha value is -2.80. The lowest BCUT2D eigenvalue weighted by Crippen LogP contribution is -2.34. The maximum absolute atomic E-state index is 12.5. The molecule has 2 rings (SSSR count). The van der Waals surface area contributed by atoms with Crippen LogP contribution in [0.1, 0.15) is 15.9 Å². The molecule has 0 aliphatic rings. The van der Waals surface area contributed by atoms with Crippen LogP contribution in [0.5, 0.6) is 17.2 Å². The van der Waals surface area contributed by atoms with Crippen LogP contribution in [0.4, 0.5) is 5.69 Å². The van der Waals surface area contributed by atoms with E-state index < -0.39 is 0 Å². The molecular weight excluding hydrogens is 340 g/mol. The van der Waals surface area contributed by atoms with Gasteiger partial charge in [-0.3, -0.25) is 10.1 Å². The quantitative estimate of drug-likeness (QED) is 0.799. The molecule has 0 fully saturated rings. The number of nitrogens with one attached hydrogen (secondary N) is 2. The van der Waals surface area contributed by atoms with E-state index in [-0.39, 0.29) is 11.0 Å². The van der Waals surface area contributed by atoms with Gasteiger partial charge in [-0.05, 0) is 42.9 Å². The first-order valence-electron chi connectivity index (χ1n) is 7.48. The van der Waals surface area contributed by atoms with Crippen LogP contribution in [0.2, 0.25) is 0 Å². The van der Waals surface area contributed by atoms with Gasteiger partial charge in [0.1, 0.15) is 17.2 Å². The molecule has 0 aliphatic carbocycles.